The monoisotopic (exact) mass is 830 g/mol. The maximum Gasteiger partial charge on any atom is 0.154 e. The molecule has 9 aromatic carbocycles. The van der Waals surface area contributed by atoms with Gasteiger partial charge in [0.05, 0.1) is 16.8 Å². The third kappa shape index (κ3) is 6.22. The van der Waals surface area contributed by atoms with Gasteiger partial charge in [-0.3, -0.25) is 5.41 Å². The Morgan fingerprint density at radius 2 is 0.908 bits per heavy atom. The van der Waals surface area contributed by atoms with Crippen LogP contribution < -0.4 is 10.4 Å². The normalized spacial score (nSPS) is 13.2. The molecule has 1 aliphatic carbocycles. The fourth-order valence-electron chi connectivity index (χ4n) is 10.3. The van der Waals surface area contributed by atoms with Crippen molar-refractivity contribution in [2.45, 2.75) is 5.41 Å². The molecule has 0 fully saturated rings. The molecule has 2 aliphatic rings. The summed E-state index contributed by atoms with van der Waals surface area (Å²) in [5.74, 6) is 0.185. The van der Waals surface area contributed by atoms with Gasteiger partial charge in [-0.1, -0.05) is 194 Å². The standard InChI is InChI=1S/C61H42N4/c62-59(64-60-51(42-21-6-2-7-22-42)39-46(40-63-60)41-19-4-1-5-20-41)50-29-11-10-27-48(50)45-24-18-23-43(37-45)44-35-36-54-52(38-44)49-28-12-13-30-53(49)61(54)55-31-14-16-33-57(55)65(47-25-8-3-9-26-47)58-34-17-15-32-56(58)61/h1-40H,(H2,62,63,64). The highest BCUT2D eigenvalue weighted by atomic mass is 15.2. The van der Waals surface area contributed by atoms with Crippen molar-refractivity contribution in [2.75, 3.05) is 4.90 Å². The number of para-hydroxylation sites is 3. The molecule has 0 bridgehead atoms. The summed E-state index contributed by atoms with van der Waals surface area (Å²) in [7, 11) is 0. The first kappa shape index (κ1) is 38.1. The molecule has 65 heavy (non-hydrogen) atoms. The number of fused-ring (bicyclic) bond motifs is 9. The van der Waals surface area contributed by atoms with Crippen LogP contribution in [0.5, 0.6) is 0 Å². The van der Waals surface area contributed by atoms with Gasteiger partial charge in [0.15, 0.2) is 5.84 Å². The van der Waals surface area contributed by atoms with Crippen molar-refractivity contribution in [3.8, 4) is 55.6 Å². The van der Waals surface area contributed by atoms with Gasteiger partial charge in [-0.2, -0.15) is 0 Å². The van der Waals surface area contributed by atoms with E-state index in [4.69, 9.17) is 4.99 Å². The number of hydrogen-bond acceptors (Lipinski definition) is 2. The van der Waals surface area contributed by atoms with E-state index in [0.717, 1.165) is 55.8 Å². The highest BCUT2D eigenvalue weighted by molar-refractivity contribution is 6.04. The zero-order valence-electron chi connectivity index (χ0n) is 35.5. The first-order chi connectivity index (χ1) is 32.2. The minimum Gasteiger partial charge on any atom is -0.345 e. The molecule has 0 atom stereocenters. The van der Waals surface area contributed by atoms with E-state index in [1.807, 2.05) is 60.8 Å². The number of nitrogens with zero attached hydrogens (tertiary/aromatic N) is 2. The van der Waals surface area contributed by atoms with Crippen LogP contribution in [-0.4, -0.2) is 10.8 Å². The van der Waals surface area contributed by atoms with Gasteiger partial charge < -0.3 is 9.88 Å². The molecule has 4 heteroatoms. The molecule has 1 aliphatic heterocycles. The lowest BCUT2D eigenvalue weighted by Gasteiger charge is -2.45. The Morgan fingerprint density at radius 1 is 0.385 bits per heavy atom. The van der Waals surface area contributed by atoms with Crippen LogP contribution in [-0.2, 0) is 5.41 Å². The van der Waals surface area contributed by atoms with Crippen LogP contribution in [0.3, 0.4) is 0 Å². The van der Waals surface area contributed by atoms with Gasteiger partial charge in [0.2, 0.25) is 0 Å². The number of aromatic amines is 1. The van der Waals surface area contributed by atoms with E-state index >= 15 is 0 Å². The zero-order chi connectivity index (χ0) is 43.3. The van der Waals surface area contributed by atoms with Crippen molar-refractivity contribution in [3.05, 3.63) is 276 Å². The van der Waals surface area contributed by atoms with Crippen LogP contribution in [0, 0.1) is 5.41 Å². The van der Waals surface area contributed by atoms with Gasteiger partial charge in [0.25, 0.3) is 0 Å². The quantitative estimate of drug-likeness (QED) is 0.127. The lowest BCUT2D eigenvalue weighted by Crippen LogP contribution is -2.36. The Hall–Kier alpha value is -8.60. The van der Waals surface area contributed by atoms with Crippen molar-refractivity contribution in [1.29, 1.82) is 5.41 Å². The summed E-state index contributed by atoms with van der Waals surface area (Å²) in [6, 6.07) is 84.2. The predicted molar refractivity (Wildman–Crippen MR) is 267 cm³/mol. The van der Waals surface area contributed by atoms with E-state index in [1.165, 1.54) is 44.8 Å². The number of pyridine rings is 1. The minimum atomic E-state index is -0.507. The van der Waals surface area contributed by atoms with Crippen molar-refractivity contribution in [1.82, 2.24) is 4.98 Å². The number of amidine groups is 1. The van der Waals surface area contributed by atoms with E-state index in [1.54, 1.807) is 0 Å². The van der Waals surface area contributed by atoms with E-state index < -0.39 is 5.41 Å². The van der Waals surface area contributed by atoms with Crippen molar-refractivity contribution in [3.63, 3.8) is 0 Å². The molecule has 0 saturated heterocycles. The minimum absolute atomic E-state index is 0.185. The summed E-state index contributed by atoms with van der Waals surface area (Å²) in [5, 5.41) is 9.47. The molecule has 1 spiro atoms. The van der Waals surface area contributed by atoms with Crippen LogP contribution >= 0.6 is 0 Å². The van der Waals surface area contributed by atoms with Crippen LogP contribution in [0.2, 0.25) is 0 Å². The molecule has 306 valence electrons. The topological polar surface area (TPSA) is 55.2 Å². The number of nitrogens with one attached hydrogen (secondary N) is 2. The average Bonchev–Trinajstić information content (AvgIpc) is 3.67. The SMILES string of the molecule is N=C(/N=c1\[nH]cc(-c2ccccc2)cc1-c1ccccc1)c1ccccc1-c1cccc(-c2ccc3c(c2)-c2ccccc2C32c3ccccc3N(c3ccccc3)c3ccccc32)c1. The maximum atomic E-state index is 9.47. The van der Waals surface area contributed by atoms with E-state index in [0.29, 0.717) is 5.49 Å². The summed E-state index contributed by atoms with van der Waals surface area (Å²) in [5.41, 5.74) is 20.4. The molecule has 0 unspecified atom stereocenters. The van der Waals surface area contributed by atoms with Gasteiger partial charge in [0, 0.05) is 23.0 Å². The first-order valence-corrected chi connectivity index (χ1v) is 22.1. The van der Waals surface area contributed by atoms with Crippen molar-refractivity contribution >= 4 is 22.9 Å². The molecule has 0 saturated carbocycles. The average molecular weight is 831 g/mol. The smallest absolute Gasteiger partial charge is 0.154 e. The van der Waals surface area contributed by atoms with Gasteiger partial charge in [-0.05, 0) is 115 Å². The number of rotatable bonds is 6. The third-order valence-corrected chi connectivity index (χ3v) is 13.2. The van der Waals surface area contributed by atoms with Gasteiger partial charge >= 0.3 is 0 Å². The maximum absolute atomic E-state index is 9.47. The Morgan fingerprint density at radius 3 is 1.63 bits per heavy atom. The fraction of sp³-hybridized carbons (Fsp3) is 0.0164. The molecule has 0 amide bonds. The molecule has 0 radical (unpaired) electrons. The molecule has 10 aromatic rings. The first-order valence-electron chi connectivity index (χ1n) is 22.1. The van der Waals surface area contributed by atoms with Crippen molar-refractivity contribution in [2.24, 2.45) is 4.99 Å². The van der Waals surface area contributed by atoms with Crippen molar-refractivity contribution < 1.29 is 0 Å². The highest BCUT2D eigenvalue weighted by Crippen LogP contribution is 2.63. The fourth-order valence-corrected chi connectivity index (χ4v) is 10.3. The number of benzene rings is 9. The second-order valence-corrected chi connectivity index (χ2v) is 16.7. The summed E-state index contributed by atoms with van der Waals surface area (Å²) >= 11 is 0. The Bertz CT molecular complexity index is 3470. The van der Waals surface area contributed by atoms with Gasteiger partial charge in [-0.25, -0.2) is 4.99 Å². The van der Waals surface area contributed by atoms with E-state index in [-0.39, 0.29) is 5.84 Å². The molecular weight excluding hydrogens is 789 g/mol. The highest BCUT2D eigenvalue weighted by Gasteiger charge is 2.51. The summed E-state index contributed by atoms with van der Waals surface area (Å²) in [4.78, 5) is 10.9. The second kappa shape index (κ2) is 15.6. The second-order valence-electron chi connectivity index (χ2n) is 16.7. The third-order valence-electron chi connectivity index (χ3n) is 13.2. The van der Waals surface area contributed by atoms with Crippen LogP contribution in [0.4, 0.5) is 17.1 Å². The van der Waals surface area contributed by atoms with Crippen LogP contribution in [0.25, 0.3) is 55.6 Å². The van der Waals surface area contributed by atoms with Crippen LogP contribution in [0.1, 0.15) is 27.8 Å². The Labute approximate surface area is 378 Å². The number of aromatic nitrogens is 1. The molecular formula is C61H42N4. The van der Waals surface area contributed by atoms with E-state index in [9.17, 15) is 5.41 Å². The number of anilines is 3. The van der Waals surface area contributed by atoms with Gasteiger partial charge in [-0.15, -0.1) is 0 Å². The van der Waals surface area contributed by atoms with E-state index in [2.05, 4.69) is 192 Å². The summed E-state index contributed by atoms with van der Waals surface area (Å²) < 4.78 is 0. The molecule has 2 heterocycles. The molecule has 2 N–H and O–H groups in total. The lowest BCUT2D eigenvalue weighted by molar-refractivity contribution is 0.753. The largest absolute Gasteiger partial charge is 0.345 e. The summed E-state index contributed by atoms with van der Waals surface area (Å²) in [6.07, 6.45) is 1.98. The van der Waals surface area contributed by atoms with Gasteiger partial charge in [0.1, 0.15) is 5.49 Å². The molecule has 4 nitrogen and oxygen atoms in total. The Balaban J connectivity index is 0.957. The zero-order valence-corrected chi connectivity index (χ0v) is 35.5. The number of H-pyrrole nitrogens is 1. The number of hydrogen-bond donors (Lipinski definition) is 2. The predicted octanol–water partition coefficient (Wildman–Crippen LogP) is 14.8. The molecule has 12 rings (SSSR count). The Kier molecular flexibility index (Phi) is 9.17. The lowest BCUT2D eigenvalue weighted by atomic mass is 9.64. The van der Waals surface area contributed by atoms with Crippen LogP contribution in [0.15, 0.2) is 248 Å². The summed E-state index contributed by atoms with van der Waals surface area (Å²) in [6.45, 7) is 0. The molecule has 1 aromatic heterocycles.